The number of amides is 1. The highest BCUT2D eigenvalue weighted by Gasteiger charge is 2.32. The number of benzene rings is 2. The summed E-state index contributed by atoms with van der Waals surface area (Å²) in [7, 11) is 0. The standard InChI is InChI=1S/C15H15IN2O/c1-15(14(17)19,11-7-9-12(16)10-8-11)18-13-5-3-2-4-6-13/h2-10,18H,1H3,(H2,17,19). The van der Waals surface area contributed by atoms with E-state index in [9.17, 15) is 4.79 Å². The van der Waals surface area contributed by atoms with Crippen molar-refractivity contribution in [1.82, 2.24) is 0 Å². The number of anilines is 1. The van der Waals surface area contributed by atoms with Crippen LogP contribution < -0.4 is 11.1 Å². The predicted molar refractivity (Wildman–Crippen MR) is 85.8 cm³/mol. The van der Waals surface area contributed by atoms with Crippen LogP contribution in [0.3, 0.4) is 0 Å². The second-order valence-electron chi connectivity index (χ2n) is 4.49. The number of halogens is 1. The molecule has 2 aromatic carbocycles. The van der Waals surface area contributed by atoms with E-state index in [-0.39, 0.29) is 0 Å². The van der Waals surface area contributed by atoms with Crippen molar-refractivity contribution >= 4 is 34.2 Å². The van der Waals surface area contributed by atoms with Crippen LogP contribution >= 0.6 is 22.6 Å². The van der Waals surface area contributed by atoms with E-state index in [4.69, 9.17) is 5.73 Å². The average molecular weight is 366 g/mol. The topological polar surface area (TPSA) is 55.1 Å². The van der Waals surface area contributed by atoms with Crippen LogP contribution in [0.25, 0.3) is 0 Å². The molecule has 0 saturated carbocycles. The Labute approximate surface area is 126 Å². The molecule has 98 valence electrons. The minimum absolute atomic E-state index is 0.405. The molecular weight excluding hydrogens is 351 g/mol. The van der Waals surface area contributed by atoms with Gasteiger partial charge in [-0.1, -0.05) is 30.3 Å². The highest BCUT2D eigenvalue weighted by Crippen LogP contribution is 2.26. The van der Waals surface area contributed by atoms with Crippen molar-refractivity contribution in [1.29, 1.82) is 0 Å². The lowest BCUT2D eigenvalue weighted by atomic mass is 9.91. The molecule has 1 atom stereocenters. The molecule has 2 rings (SSSR count). The number of nitrogens with one attached hydrogen (secondary N) is 1. The monoisotopic (exact) mass is 366 g/mol. The molecule has 0 radical (unpaired) electrons. The van der Waals surface area contributed by atoms with Crippen molar-refractivity contribution in [3.05, 3.63) is 63.7 Å². The van der Waals surface area contributed by atoms with Crippen LogP contribution in [-0.2, 0) is 10.3 Å². The average Bonchev–Trinajstić information content (AvgIpc) is 2.40. The van der Waals surface area contributed by atoms with E-state index in [2.05, 4.69) is 27.9 Å². The van der Waals surface area contributed by atoms with Gasteiger partial charge in [0.15, 0.2) is 0 Å². The number of primary amides is 1. The highest BCUT2D eigenvalue weighted by atomic mass is 127. The molecule has 0 fully saturated rings. The molecule has 0 bridgehead atoms. The van der Waals surface area contributed by atoms with Gasteiger partial charge in [-0.3, -0.25) is 4.79 Å². The number of carbonyl (C=O) groups is 1. The molecule has 1 unspecified atom stereocenters. The lowest BCUT2D eigenvalue weighted by molar-refractivity contribution is -0.122. The van der Waals surface area contributed by atoms with Gasteiger partial charge in [-0.15, -0.1) is 0 Å². The largest absolute Gasteiger partial charge is 0.368 e. The molecule has 3 nitrogen and oxygen atoms in total. The van der Waals surface area contributed by atoms with Crippen LogP contribution in [0.5, 0.6) is 0 Å². The molecule has 0 saturated heterocycles. The smallest absolute Gasteiger partial charge is 0.247 e. The predicted octanol–water partition coefficient (Wildman–Crippen LogP) is 3.10. The number of para-hydroxylation sites is 1. The molecule has 19 heavy (non-hydrogen) atoms. The van der Waals surface area contributed by atoms with Crippen LogP contribution in [-0.4, -0.2) is 5.91 Å². The number of hydrogen-bond acceptors (Lipinski definition) is 2. The van der Waals surface area contributed by atoms with E-state index in [1.54, 1.807) is 6.92 Å². The first kappa shape index (κ1) is 13.9. The van der Waals surface area contributed by atoms with E-state index >= 15 is 0 Å². The Hall–Kier alpha value is -1.56. The summed E-state index contributed by atoms with van der Waals surface area (Å²) in [5.74, 6) is -0.405. The van der Waals surface area contributed by atoms with Crippen molar-refractivity contribution < 1.29 is 4.79 Å². The fourth-order valence-electron chi connectivity index (χ4n) is 1.87. The van der Waals surface area contributed by atoms with Gasteiger partial charge in [0.25, 0.3) is 0 Å². The zero-order valence-electron chi connectivity index (χ0n) is 10.6. The van der Waals surface area contributed by atoms with Crippen LogP contribution in [0.4, 0.5) is 5.69 Å². The third-order valence-corrected chi connectivity index (χ3v) is 3.80. The summed E-state index contributed by atoms with van der Waals surface area (Å²) in [6, 6.07) is 17.3. The Kier molecular flexibility index (Phi) is 4.09. The molecule has 0 aromatic heterocycles. The fourth-order valence-corrected chi connectivity index (χ4v) is 2.23. The van der Waals surface area contributed by atoms with Crippen LogP contribution in [0.2, 0.25) is 0 Å². The van der Waals surface area contributed by atoms with E-state index in [1.807, 2.05) is 54.6 Å². The molecule has 1 amide bonds. The zero-order chi connectivity index (χ0) is 13.9. The molecular formula is C15H15IN2O. The molecule has 0 spiro atoms. The Balaban J connectivity index is 2.38. The maximum atomic E-state index is 11.9. The van der Waals surface area contributed by atoms with Gasteiger partial charge in [-0.05, 0) is 59.3 Å². The first-order chi connectivity index (χ1) is 9.02. The van der Waals surface area contributed by atoms with Gasteiger partial charge in [0.2, 0.25) is 5.91 Å². The van der Waals surface area contributed by atoms with E-state index in [0.717, 1.165) is 14.8 Å². The van der Waals surface area contributed by atoms with Gasteiger partial charge < -0.3 is 11.1 Å². The van der Waals surface area contributed by atoms with Crippen molar-refractivity contribution in [2.75, 3.05) is 5.32 Å². The number of rotatable bonds is 4. The van der Waals surface area contributed by atoms with Gasteiger partial charge in [0.1, 0.15) is 5.54 Å². The maximum absolute atomic E-state index is 11.9. The minimum atomic E-state index is -0.925. The van der Waals surface area contributed by atoms with Gasteiger partial charge >= 0.3 is 0 Å². The molecule has 0 aliphatic heterocycles. The van der Waals surface area contributed by atoms with Gasteiger partial charge in [-0.2, -0.15) is 0 Å². The summed E-state index contributed by atoms with van der Waals surface area (Å²) in [6.45, 7) is 1.80. The lowest BCUT2D eigenvalue weighted by Crippen LogP contribution is -2.45. The van der Waals surface area contributed by atoms with Crippen molar-refractivity contribution in [2.24, 2.45) is 5.73 Å². The summed E-state index contributed by atoms with van der Waals surface area (Å²) >= 11 is 2.23. The van der Waals surface area contributed by atoms with Crippen LogP contribution in [0, 0.1) is 3.57 Å². The van der Waals surface area contributed by atoms with Gasteiger partial charge in [-0.25, -0.2) is 0 Å². The lowest BCUT2D eigenvalue weighted by Gasteiger charge is -2.29. The summed E-state index contributed by atoms with van der Waals surface area (Å²) in [5, 5.41) is 3.21. The number of hydrogen-bond donors (Lipinski definition) is 2. The van der Waals surface area contributed by atoms with Crippen molar-refractivity contribution in [3.63, 3.8) is 0 Å². The first-order valence-corrected chi connectivity index (χ1v) is 6.99. The molecule has 4 heteroatoms. The second-order valence-corrected chi connectivity index (χ2v) is 5.73. The number of nitrogens with two attached hydrogens (primary N) is 1. The minimum Gasteiger partial charge on any atom is -0.368 e. The van der Waals surface area contributed by atoms with Gasteiger partial charge in [0, 0.05) is 9.26 Å². The zero-order valence-corrected chi connectivity index (χ0v) is 12.7. The highest BCUT2D eigenvalue weighted by molar-refractivity contribution is 14.1. The van der Waals surface area contributed by atoms with Gasteiger partial charge in [0.05, 0.1) is 0 Å². The third kappa shape index (κ3) is 3.07. The number of carbonyl (C=O) groups excluding carboxylic acids is 1. The molecule has 0 heterocycles. The van der Waals surface area contributed by atoms with Crippen molar-refractivity contribution in [3.8, 4) is 0 Å². The van der Waals surface area contributed by atoms with Crippen molar-refractivity contribution in [2.45, 2.75) is 12.5 Å². The normalized spacial score (nSPS) is 13.6. The molecule has 2 aromatic rings. The molecule has 3 N–H and O–H groups in total. The third-order valence-electron chi connectivity index (χ3n) is 3.08. The van der Waals surface area contributed by atoms with E-state index in [0.29, 0.717) is 0 Å². The Bertz CT molecular complexity index is 568. The SMILES string of the molecule is CC(Nc1ccccc1)(C(N)=O)c1ccc(I)cc1. The van der Waals surface area contributed by atoms with Crippen LogP contribution in [0.15, 0.2) is 54.6 Å². The molecule has 0 aliphatic carbocycles. The Morgan fingerprint density at radius 2 is 1.68 bits per heavy atom. The Morgan fingerprint density at radius 1 is 1.11 bits per heavy atom. The summed E-state index contributed by atoms with van der Waals surface area (Å²) in [4.78, 5) is 11.9. The fraction of sp³-hybridized carbons (Fsp3) is 0.133. The maximum Gasteiger partial charge on any atom is 0.247 e. The Morgan fingerprint density at radius 3 is 2.21 bits per heavy atom. The van der Waals surface area contributed by atoms with Crippen LogP contribution in [0.1, 0.15) is 12.5 Å². The summed E-state index contributed by atoms with van der Waals surface area (Å²) in [5.41, 5.74) is 6.38. The molecule has 0 aliphatic rings. The summed E-state index contributed by atoms with van der Waals surface area (Å²) < 4.78 is 1.12. The van der Waals surface area contributed by atoms with E-state index < -0.39 is 11.4 Å². The second kappa shape index (κ2) is 5.61. The summed E-state index contributed by atoms with van der Waals surface area (Å²) in [6.07, 6.45) is 0. The first-order valence-electron chi connectivity index (χ1n) is 5.91. The van der Waals surface area contributed by atoms with E-state index in [1.165, 1.54) is 0 Å². The quantitative estimate of drug-likeness (QED) is 0.818.